The van der Waals surface area contributed by atoms with Crippen molar-refractivity contribution in [2.45, 2.75) is 11.1 Å². The highest BCUT2D eigenvalue weighted by Gasteiger charge is 2.35. The van der Waals surface area contributed by atoms with Crippen molar-refractivity contribution in [2.24, 2.45) is 0 Å². The molecule has 4 nitrogen and oxygen atoms in total. The first-order valence-electron chi connectivity index (χ1n) is 8.88. The van der Waals surface area contributed by atoms with Gasteiger partial charge in [-0.15, -0.1) is 11.3 Å². The molecule has 11 heteroatoms. The van der Waals surface area contributed by atoms with E-state index in [2.05, 4.69) is 11.2 Å². The van der Waals surface area contributed by atoms with E-state index in [1.165, 1.54) is 41.7 Å². The smallest absolute Gasteiger partial charge is 0.230 e. The van der Waals surface area contributed by atoms with Crippen LogP contribution in [-0.2, 0) is 16.0 Å². The van der Waals surface area contributed by atoms with Gasteiger partial charge in [0, 0.05) is 22.2 Å². The summed E-state index contributed by atoms with van der Waals surface area (Å²) in [7, 11) is -3.46. The largest absolute Gasteiger partial charge is 0.435 e. The van der Waals surface area contributed by atoms with E-state index in [-0.39, 0.29) is 21.3 Å². The Morgan fingerprint density at radius 3 is 2.44 bits per heavy atom. The Hall–Kier alpha value is -2.33. The Labute approximate surface area is 195 Å². The zero-order chi connectivity index (χ0) is 23.3. The van der Waals surface area contributed by atoms with E-state index in [4.69, 9.17) is 23.2 Å². The summed E-state index contributed by atoms with van der Waals surface area (Å²) in [4.78, 5) is 1.17. The molecule has 0 saturated carbocycles. The number of thiophene rings is 1. The summed E-state index contributed by atoms with van der Waals surface area (Å²) >= 11 is 13.4. The lowest BCUT2D eigenvalue weighted by molar-refractivity contribution is -0.141. The van der Waals surface area contributed by atoms with Crippen molar-refractivity contribution in [2.75, 3.05) is 6.26 Å². The minimum atomic E-state index is -4.66. The van der Waals surface area contributed by atoms with Gasteiger partial charge in [-0.2, -0.15) is 18.3 Å². The van der Waals surface area contributed by atoms with Crippen LogP contribution in [0.2, 0.25) is 10.0 Å². The zero-order valence-corrected chi connectivity index (χ0v) is 19.3. The molecule has 2 heterocycles. The van der Waals surface area contributed by atoms with Gasteiger partial charge in [0.2, 0.25) is 0 Å². The molecule has 0 N–H and O–H groups in total. The van der Waals surface area contributed by atoms with E-state index in [0.29, 0.717) is 20.3 Å². The summed E-state index contributed by atoms with van der Waals surface area (Å²) < 4.78 is 65.0. The number of nitrogens with zero attached hydrogens (tertiary/aromatic N) is 2. The molecule has 0 atom stereocenters. The van der Waals surface area contributed by atoms with Gasteiger partial charge in [-0.25, -0.2) is 13.1 Å². The standard InChI is InChI=1S/C21H12Cl2F3N2O2S2/c1-32(29,30)14-4-2-3-12(9-14)18-7-8-19(31-18)17-11-20(21(24,25)26)27-28(17)16-10-13(22)5-6-15(16)23/h2-3,5-11H,1H3. The van der Waals surface area contributed by atoms with Crippen molar-refractivity contribution in [3.05, 3.63) is 76.4 Å². The Kier molecular flexibility index (Phi) is 5.87. The van der Waals surface area contributed by atoms with E-state index in [1.807, 2.05) is 0 Å². The molecule has 0 aliphatic rings. The molecule has 0 spiro atoms. The van der Waals surface area contributed by atoms with Gasteiger partial charge in [0.15, 0.2) is 15.5 Å². The van der Waals surface area contributed by atoms with Crippen LogP contribution in [0.3, 0.4) is 0 Å². The first-order chi connectivity index (χ1) is 14.9. The second kappa shape index (κ2) is 8.22. The Bertz CT molecular complexity index is 1430. The minimum absolute atomic E-state index is 0.0278. The monoisotopic (exact) mass is 515 g/mol. The molecule has 165 valence electrons. The molecular formula is C21H12Cl2F3N2O2S2. The average molecular weight is 516 g/mol. The van der Waals surface area contributed by atoms with Gasteiger partial charge in [0.05, 0.1) is 26.2 Å². The molecule has 0 amide bonds. The summed E-state index contributed by atoms with van der Waals surface area (Å²) in [6.07, 6.45) is -3.58. The predicted octanol–water partition coefficient (Wildman–Crippen LogP) is 6.80. The van der Waals surface area contributed by atoms with Crippen molar-refractivity contribution in [3.8, 4) is 26.7 Å². The maximum atomic E-state index is 13.4. The second-order valence-corrected chi connectivity index (χ2v) is 10.7. The first kappa shape index (κ1) is 22.8. The van der Waals surface area contributed by atoms with Gasteiger partial charge in [-0.1, -0.05) is 35.3 Å². The van der Waals surface area contributed by atoms with Crippen LogP contribution in [0.5, 0.6) is 0 Å². The summed E-state index contributed by atoms with van der Waals surface area (Å²) in [6, 6.07) is 16.0. The maximum absolute atomic E-state index is 13.4. The van der Waals surface area contributed by atoms with Gasteiger partial charge >= 0.3 is 6.18 Å². The van der Waals surface area contributed by atoms with Gasteiger partial charge in [0.1, 0.15) is 0 Å². The van der Waals surface area contributed by atoms with E-state index in [9.17, 15) is 21.6 Å². The molecule has 2 aromatic carbocycles. The highest BCUT2D eigenvalue weighted by molar-refractivity contribution is 7.90. The third-order valence-electron chi connectivity index (χ3n) is 4.45. The fraction of sp³-hybridized carbons (Fsp3) is 0.0952. The number of hydrogen-bond donors (Lipinski definition) is 0. The Morgan fingerprint density at radius 1 is 1.03 bits per heavy atom. The van der Waals surface area contributed by atoms with Crippen LogP contribution < -0.4 is 0 Å². The molecular weight excluding hydrogens is 504 g/mol. The highest BCUT2D eigenvalue weighted by Crippen LogP contribution is 2.40. The minimum Gasteiger partial charge on any atom is -0.230 e. The maximum Gasteiger partial charge on any atom is 0.435 e. The quantitative estimate of drug-likeness (QED) is 0.300. The summed E-state index contributed by atoms with van der Waals surface area (Å²) in [5.74, 6) is 0. The molecule has 0 bridgehead atoms. The Balaban J connectivity index is 1.86. The van der Waals surface area contributed by atoms with E-state index < -0.39 is 21.7 Å². The number of aromatic nitrogens is 2. The number of rotatable bonds is 4. The number of benzene rings is 2. The highest BCUT2D eigenvalue weighted by atomic mass is 35.5. The number of halogens is 5. The van der Waals surface area contributed by atoms with Crippen molar-refractivity contribution < 1.29 is 21.6 Å². The molecule has 2 aromatic heterocycles. The molecule has 32 heavy (non-hydrogen) atoms. The lowest BCUT2D eigenvalue weighted by Gasteiger charge is -2.09. The van der Waals surface area contributed by atoms with Crippen LogP contribution in [0.15, 0.2) is 59.5 Å². The molecule has 0 saturated heterocycles. The fourth-order valence-corrected chi connectivity index (χ4v) is 4.96. The van der Waals surface area contributed by atoms with Crippen LogP contribution >= 0.6 is 34.5 Å². The molecule has 0 aliphatic carbocycles. The van der Waals surface area contributed by atoms with Gasteiger partial charge in [-0.05, 0) is 48.0 Å². The molecule has 4 rings (SSSR count). The van der Waals surface area contributed by atoms with Crippen molar-refractivity contribution in [1.82, 2.24) is 9.78 Å². The third kappa shape index (κ3) is 4.56. The first-order valence-corrected chi connectivity index (χ1v) is 12.3. The second-order valence-electron chi connectivity index (χ2n) is 6.80. The van der Waals surface area contributed by atoms with Crippen LogP contribution in [0.1, 0.15) is 5.69 Å². The van der Waals surface area contributed by atoms with Gasteiger partial charge in [-0.3, -0.25) is 0 Å². The van der Waals surface area contributed by atoms with Crippen LogP contribution in [-0.4, -0.2) is 24.5 Å². The van der Waals surface area contributed by atoms with Crippen molar-refractivity contribution in [1.29, 1.82) is 0 Å². The van der Waals surface area contributed by atoms with Crippen molar-refractivity contribution >= 4 is 44.4 Å². The van der Waals surface area contributed by atoms with E-state index >= 15 is 0 Å². The normalized spacial score (nSPS) is 12.3. The predicted molar refractivity (Wildman–Crippen MR) is 119 cm³/mol. The van der Waals surface area contributed by atoms with E-state index in [1.54, 1.807) is 18.2 Å². The van der Waals surface area contributed by atoms with Gasteiger partial charge < -0.3 is 0 Å². The lowest BCUT2D eigenvalue weighted by atomic mass is 10.2. The van der Waals surface area contributed by atoms with Crippen molar-refractivity contribution in [3.63, 3.8) is 0 Å². The van der Waals surface area contributed by atoms with Crippen LogP contribution in [0, 0.1) is 6.07 Å². The SMILES string of the molecule is CS(=O)(=O)c1[c]ccc(-c2ccc(-c3cc(C(F)(F)F)nn3-c3cc(Cl)ccc3Cl)s2)c1. The van der Waals surface area contributed by atoms with E-state index in [0.717, 1.165) is 17.0 Å². The summed E-state index contributed by atoms with van der Waals surface area (Å²) in [5.41, 5.74) is -0.104. The molecule has 0 aliphatic heterocycles. The van der Waals surface area contributed by atoms with Crippen LogP contribution in [0.4, 0.5) is 13.2 Å². The van der Waals surface area contributed by atoms with Crippen LogP contribution in [0.25, 0.3) is 26.7 Å². The number of alkyl halides is 3. The molecule has 1 radical (unpaired) electrons. The number of hydrogen-bond acceptors (Lipinski definition) is 4. The third-order valence-corrected chi connectivity index (χ3v) is 7.20. The summed E-state index contributed by atoms with van der Waals surface area (Å²) in [6.45, 7) is 0. The summed E-state index contributed by atoms with van der Waals surface area (Å²) in [5, 5.41) is 4.20. The average Bonchev–Trinajstić information content (AvgIpc) is 3.36. The molecule has 4 aromatic rings. The lowest BCUT2D eigenvalue weighted by Crippen LogP contribution is -2.07. The fourth-order valence-electron chi connectivity index (χ4n) is 2.97. The van der Waals surface area contributed by atoms with Gasteiger partial charge in [0.25, 0.3) is 0 Å². The molecule has 0 fully saturated rings. The molecule has 0 unspecified atom stereocenters. The Morgan fingerprint density at radius 2 is 1.75 bits per heavy atom. The topological polar surface area (TPSA) is 52.0 Å². The number of sulfone groups is 1. The zero-order valence-electron chi connectivity index (χ0n) is 16.1.